The Kier molecular flexibility index (Phi) is 5.88. The van der Waals surface area contributed by atoms with Crippen LogP contribution in [0.25, 0.3) is 0 Å². The second-order valence-corrected chi connectivity index (χ2v) is 3.72. The van der Waals surface area contributed by atoms with Gasteiger partial charge in [0.15, 0.2) is 0 Å². The zero-order valence-corrected chi connectivity index (χ0v) is 10.7. The lowest BCUT2D eigenvalue weighted by Crippen LogP contribution is -2.30. The highest BCUT2D eigenvalue weighted by atomic mass is 16.5. The van der Waals surface area contributed by atoms with Crippen molar-refractivity contribution in [2.45, 2.75) is 26.3 Å². The van der Waals surface area contributed by atoms with Gasteiger partial charge in [-0.05, 0) is 13.5 Å². The van der Waals surface area contributed by atoms with Crippen molar-refractivity contribution in [2.24, 2.45) is 0 Å². The number of rotatable bonds is 7. The third-order valence-corrected chi connectivity index (χ3v) is 2.62. The third kappa shape index (κ3) is 3.86. The summed E-state index contributed by atoms with van der Waals surface area (Å²) >= 11 is 0. The van der Waals surface area contributed by atoms with E-state index in [1.54, 1.807) is 19.4 Å². The van der Waals surface area contributed by atoms with Crippen LogP contribution in [-0.2, 0) is 9.53 Å². The number of nitrogens with zero attached hydrogens (tertiary/aromatic N) is 3. The first-order valence-electron chi connectivity index (χ1n) is 6.00. The van der Waals surface area contributed by atoms with Crippen molar-refractivity contribution in [3.63, 3.8) is 0 Å². The van der Waals surface area contributed by atoms with Gasteiger partial charge in [-0.1, -0.05) is 6.92 Å². The summed E-state index contributed by atoms with van der Waals surface area (Å²) in [6.07, 6.45) is 3.45. The van der Waals surface area contributed by atoms with Crippen molar-refractivity contribution in [1.82, 2.24) is 14.9 Å². The Morgan fingerprint density at radius 2 is 2.44 bits per heavy atom. The maximum atomic E-state index is 11.3. The second kappa shape index (κ2) is 7.45. The van der Waals surface area contributed by atoms with Crippen LogP contribution in [0.4, 0.5) is 0 Å². The molecule has 98 valence electrons. The predicted molar refractivity (Wildman–Crippen MR) is 65.4 cm³/mol. The predicted octanol–water partition coefficient (Wildman–Crippen LogP) is 1.25. The minimum atomic E-state index is -0.410. The van der Waals surface area contributed by atoms with Crippen LogP contribution in [0.15, 0.2) is 12.5 Å². The summed E-state index contributed by atoms with van der Waals surface area (Å²) in [4.78, 5) is 20.0. The van der Waals surface area contributed by atoms with Gasteiger partial charge in [0.05, 0.1) is 37.3 Å². The molecule has 0 amide bonds. The van der Waals surface area contributed by atoms with E-state index in [4.69, 9.17) is 4.74 Å². The fourth-order valence-corrected chi connectivity index (χ4v) is 1.70. The molecule has 0 bridgehead atoms. The lowest BCUT2D eigenvalue weighted by molar-refractivity contribution is -0.143. The van der Waals surface area contributed by atoms with E-state index in [0.29, 0.717) is 19.7 Å². The van der Waals surface area contributed by atoms with Gasteiger partial charge in [0.2, 0.25) is 0 Å². The molecule has 1 heterocycles. The molecule has 0 aliphatic heterocycles. The quantitative estimate of drug-likeness (QED) is 0.736. The average molecular weight is 250 g/mol. The molecule has 0 saturated carbocycles. The normalized spacial score (nSPS) is 12.1. The third-order valence-electron chi connectivity index (χ3n) is 2.62. The first kappa shape index (κ1) is 14.2. The first-order valence-corrected chi connectivity index (χ1v) is 6.00. The molecule has 0 radical (unpaired) electrons. The summed E-state index contributed by atoms with van der Waals surface area (Å²) in [7, 11) is 0. The molecule has 0 aliphatic rings. The van der Waals surface area contributed by atoms with E-state index in [1.807, 2.05) is 11.8 Å². The van der Waals surface area contributed by atoms with Gasteiger partial charge < -0.3 is 9.72 Å². The van der Waals surface area contributed by atoms with E-state index in [0.717, 1.165) is 5.69 Å². The van der Waals surface area contributed by atoms with Crippen LogP contribution in [-0.4, -0.2) is 40.5 Å². The van der Waals surface area contributed by atoms with Crippen molar-refractivity contribution >= 4 is 5.97 Å². The Morgan fingerprint density at radius 3 is 2.94 bits per heavy atom. The molecular formula is C12H18N4O2. The zero-order valence-electron chi connectivity index (χ0n) is 10.7. The molecule has 1 unspecified atom stereocenters. The van der Waals surface area contributed by atoms with Gasteiger partial charge in [0, 0.05) is 6.54 Å². The lowest BCUT2D eigenvalue weighted by Gasteiger charge is -2.24. The molecule has 1 aromatic heterocycles. The summed E-state index contributed by atoms with van der Waals surface area (Å²) in [5.74, 6) is -0.239. The van der Waals surface area contributed by atoms with Crippen LogP contribution in [0.5, 0.6) is 0 Å². The molecule has 0 aromatic carbocycles. The second-order valence-electron chi connectivity index (χ2n) is 3.72. The molecule has 6 nitrogen and oxygen atoms in total. The highest BCUT2D eigenvalue weighted by molar-refractivity contribution is 5.69. The van der Waals surface area contributed by atoms with E-state index in [-0.39, 0.29) is 12.4 Å². The molecule has 1 N–H and O–H groups in total. The number of imidazole rings is 1. The minimum absolute atomic E-state index is 0.239. The van der Waals surface area contributed by atoms with Crippen LogP contribution in [0.2, 0.25) is 0 Å². The van der Waals surface area contributed by atoms with E-state index in [1.165, 1.54) is 0 Å². The molecule has 1 rings (SSSR count). The molecule has 0 aliphatic carbocycles. The Morgan fingerprint density at radius 1 is 1.67 bits per heavy atom. The monoisotopic (exact) mass is 250 g/mol. The number of hydrogen-bond acceptors (Lipinski definition) is 5. The zero-order chi connectivity index (χ0) is 13.4. The fraction of sp³-hybridized carbons (Fsp3) is 0.583. The van der Waals surface area contributed by atoms with Gasteiger partial charge in [0.1, 0.15) is 6.04 Å². The number of H-pyrrole nitrogens is 1. The lowest BCUT2D eigenvalue weighted by atomic mass is 10.2. The van der Waals surface area contributed by atoms with Gasteiger partial charge in [-0.25, -0.2) is 4.98 Å². The molecular weight excluding hydrogens is 232 g/mol. The maximum absolute atomic E-state index is 11.3. The molecule has 0 spiro atoms. The first-order chi connectivity index (χ1) is 8.72. The number of carbonyl (C=O) groups excluding carboxylic acids is 1. The van der Waals surface area contributed by atoms with Gasteiger partial charge in [-0.15, -0.1) is 0 Å². The van der Waals surface area contributed by atoms with Crippen LogP contribution < -0.4 is 0 Å². The molecule has 1 atom stereocenters. The highest BCUT2D eigenvalue weighted by Gasteiger charge is 2.20. The standard InChI is InChI=1S/C12H18N4O2/c1-3-16(6-5-12(17)18-4-2)11(7-13)10-8-14-9-15-10/h8-9,11H,3-6H2,1-2H3,(H,14,15). The minimum Gasteiger partial charge on any atom is -0.466 e. The Labute approximate surface area is 107 Å². The maximum Gasteiger partial charge on any atom is 0.307 e. The number of nitrogens with one attached hydrogen (secondary N) is 1. The van der Waals surface area contributed by atoms with Gasteiger partial charge >= 0.3 is 5.97 Å². The molecule has 1 aromatic rings. The SMILES string of the molecule is CCOC(=O)CCN(CC)C(C#N)c1cnc[nH]1. The van der Waals surface area contributed by atoms with Crippen molar-refractivity contribution in [3.05, 3.63) is 18.2 Å². The van der Waals surface area contributed by atoms with Crippen LogP contribution >= 0.6 is 0 Å². The average Bonchev–Trinajstić information content (AvgIpc) is 2.88. The van der Waals surface area contributed by atoms with E-state index in [9.17, 15) is 10.1 Å². The van der Waals surface area contributed by atoms with Crippen LogP contribution in [0.3, 0.4) is 0 Å². The number of aromatic nitrogens is 2. The number of aromatic amines is 1. The summed E-state index contributed by atoms with van der Waals surface area (Å²) in [6, 6.07) is 1.80. The smallest absolute Gasteiger partial charge is 0.307 e. The van der Waals surface area contributed by atoms with Gasteiger partial charge in [-0.3, -0.25) is 9.69 Å². The van der Waals surface area contributed by atoms with Crippen molar-refractivity contribution in [2.75, 3.05) is 19.7 Å². The number of ether oxygens (including phenoxy) is 1. The van der Waals surface area contributed by atoms with E-state index >= 15 is 0 Å². The van der Waals surface area contributed by atoms with E-state index < -0.39 is 6.04 Å². The topological polar surface area (TPSA) is 82.0 Å². The largest absolute Gasteiger partial charge is 0.466 e. The Balaban J connectivity index is 2.59. The summed E-state index contributed by atoms with van der Waals surface area (Å²) in [5, 5.41) is 9.21. The molecule has 6 heteroatoms. The van der Waals surface area contributed by atoms with Crippen LogP contribution in [0, 0.1) is 11.3 Å². The Hall–Kier alpha value is -1.87. The molecule has 18 heavy (non-hydrogen) atoms. The van der Waals surface area contributed by atoms with E-state index in [2.05, 4.69) is 16.0 Å². The fourth-order valence-electron chi connectivity index (χ4n) is 1.70. The number of esters is 1. The summed E-state index contributed by atoms with van der Waals surface area (Å²) < 4.78 is 4.87. The van der Waals surface area contributed by atoms with Crippen molar-refractivity contribution in [1.29, 1.82) is 5.26 Å². The highest BCUT2D eigenvalue weighted by Crippen LogP contribution is 2.17. The summed E-state index contributed by atoms with van der Waals surface area (Å²) in [5.41, 5.74) is 0.739. The molecule has 0 fully saturated rings. The number of hydrogen-bond donors (Lipinski definition) is 1. The number of nitriles is 1. The number of carbonyl (C=O) groups is 1. The molecule has 0 saturated heterocycles. The van der Waals surface area contributed by atoms with Crippen molar-refractivity contribution < 1.29 is 9.53 Å². The van der Waals surface area contributed by atoms with Gasteiger partial charge in [0.25, 0.3) is 0 Å². The summed E-state index contributed by atoms with van der Waals surface area (Å²) in [6.45, 7) is 5.28. The van der Waals surface area contributed by atoms with Crippen molar-refractivity contribution in [3.8, 4) is 6.07 Å². The van der Waals surface area contributed by atoms with Gasteiger partial charge in [-0.2, -0.15) is 5.26 Å². The Bertz CT molecular complexity index is 397. The van der Waals surface area contributed by atoms with Crippen LogP contribution in [0.1, 0.15) is 32.0 Å².